The summed E-state index contributed by atoms with van der Waals surface area (Å²) < 4.78 is 10.3. The van der Waals surface area contributed by atoms with Crippen molar-refractivity contribution >= 4 is 34.8 Å². The van der Waals surface area contributed by atoms with Gasteiger partial charge in [-0.3, -0.25) is 9.59 Å². The predicted octanol–water partition coefficient (Wildman–Crippen LogP) is 3.73. The van der Waals surface area contributed by atoms with Crippen LogP contribution in [0.3, 0.4) is 0 Å². The lowest BCUT2D eigenvalue weighted by molar-refractivity contribution is -0.119. The van der Waals surface area contributed by atoms with E-state index in [0.717, 1.165) is 18.4 Å². The van der Waals surface area contributed by atoms with E-state index in [1.807, 2.05) is 0 Å². The third kappa shape index (κ3) is 4.42. The number of amides is 2. The zero-order chi connectivity index (χ0) is 19.4. The molecule has 1 aliphatic heterocycles. The number of benzene rings is 1. The van der Waals surface area contributed by atoms with E-state index >= 15 is 0 Å². The molecule has 1 aromatic carbocycles. The van der Waals surface area contributed by atoms with Gasteiger partial charge < -0.3 is 19.5 Å². The Hall–Kier alpha value is -2.54. The van der Waals surface area contributed by atoms with Crippen molar-refractivity contribution < 1.29 is 18.8 Å². The number of nitrogens with zero attached hydrogens (tertiary/aromatic N) is 2. The molecule has 2 heterocycles. The first-order chi connectivity index (χ1) is 13.0. The Labute approximate surface area is 162 Å². The molecular weight excluding hydrogens is 370 g/mol. The molecule has 0 aliphatic carbocycles. The van der Waals surface area contributed by atoms with E-state index < -0.39 is 0 Å². The third-order valence-corrected chi connectivity index (χ3v) is 4.91. The predicted molar refractivity (Wildman–Crippen MR) is 102 cm³/mol. The first-order valence-electron chi connectivity index (χ1n) is 8.88. The number of piperidine rings is 1. The number of aromatic nitrogens is 1. The first-order valence-corrected chi connectivity index (χ1v) is 9.26. The summed E-state index contributed by atoms with van der Waals surface area (Å²) in [4.78, 5) is 26.3. The lowest BCUT2D eigenvalue weighted by Gasteiger charge is -2.28. The van der Waals surface area contributed by atoms with E-state index in [0.29, 0.717) is 42.2 Å². The van der Waals surface area contributed by atoms with Crippen LogP contribution in [0.2, 0.25) is 5.22 Å². The smallest absolute Gasteiger partial charge is 0.229 e. The maximum atomic E-state index is 12.3. The van der Waals surface area contributed by atoms with Crippen molar-refractivity contribution in [1.29, 1.82) is 0 Å². The number of carbonyl (C=O) groups excluding carboxylic acids is 2. The number of aryl methyl sites for hydroxylation is 1. The molecule has 8 heteroatoms. The van der Waals surface area contributed by atoms with Crippen LogP contribution < -0.4 is 15.0 Å². The molecule has 0 bridgehead atoms. The summed E-state index contributed by atoms with van der Waals surface area (Å²) in [5.41, 5.74) is 2.71. The summed E-state index contributed by atoms with van der Waals surface area (Å²) in [6.07, 6.45) is 3.06. The molecule has 0 unspecified atom stereocenters. The molecule has 0 radical (unpaired) electrons. The van der Waals surface area contributed by atoms with Gasteiger partial charge in [-0.2, -0.15) is 0 Å². The fraction of sp³-hybridized carbons (Fsp3) is 0.421. The maximum Gasteiger partial charge on any atom is 0.229 e. The van der Waals surface area contributed by atoms with Gasteiger partial charge in [0.1, 0.15) is 5.75 Å². The second-order valence-electron chi connectivity index (χ2n) is 6.46. The monoisotopic (exact) mass is 391 g/mol. The van der Waals surface area contributed by atoms with Gasteiger partial charge in [0.25, 0.3) is 0 Å². The van der Waals surface area contributed by atoms with Gasteiger partial charge in [-0.1, -0.05) is 5.16 Å². The lowest BCUT2D eigenvalue weighted by Crippen LogP contribution is -2.35. The van der Waals surface area contributed by atoms with Crippen LogP contribution in [0, 0.1) is 6.92 Å². The Balaban J connectivity index is 1.70. The van der Waals surface area contributed by atoms with Gasteiger partial charge >= 0.3 is 0 Å². The van der Waals surface area contributed by atoms with Crippen molar-refractivity contribution in [2.75, 3.05) is 23.9 Å². The highest BCUT2D eigenvalue weighted by Crippen LogP contribution is 2.33. The van der Waals surface area contributed by atoms with Gasteiger partial charge in [-0.05, 0) is 56.0 Å². The van der Waals surface area contributed by atoms with Gasteiger partial charge in [0.15, 0.2) is 0 Å². The Morgan fingerprint density at radius 2 is 2.22 bits per heavy atom. The molecule has 1 aliphatic rings. The van der Waals surface area contributed by atoms with Crippen molar-refractivity contribution in [3.63, 3.8) is 0 Å². The van der Waals surface area contributed by atoms with E-state index in [2.05, 4.69) is 10.5 Å². The van der Waals surface area contributed by atoms with Crippen molar-refractivity contribution in [2.24, 2.45) is 0 Å². The summed E-state index contributed by atoms with van der Waals surface area (Å²) in [5, 5.41) is 6.86. The number of ether oxygens (including phenoxy) is 1. The van der Waals surface area contributed by atoms with E-state index in [4.69, 9.17) is 20.9 Å². The van der Waals surface area contributed by atoms with Crippen molar-refractivity contribution in [2.45, 2.75) is 39.0 Å². The topological polar surface area (TPSA) is 84.7 Å². The number of anilines is 2. The van der Waals surface area contributed by atoms with Crippen LogP contribution in [0.4, 0.5) is 11.4 Å². The van der Waals surface area contributed by atoms with Crippen molar-refractivity contribution in [3.8, 4) is 5.75 Å². The highest BCUT2D eigenvalue weighted by molar-refractivity contribution is 6.29. The van der Waals surface area contributed by atoms with Gasteiger partial charge in [0.2, 0.25) is 17.0 Å². The maximum absolute atomic E-state index is 12.3. The Morgan fingerprint density at radius 1 is 1.41 bits per heavy atom. The fourth-order valence-corrected chi connectivity index (χ4v) is 3.41. The zero-order valence-corrected chi connectivity index (χ0v) is 16.1. The fourth-order valence-electron chi connectivity index (χ4n) is 3.14. The molecule has 1 aromatic heterocycles. The molecule has 0 spiro atoms. The lowest BCUT2D eigenvalue weighted by atomic mass is 10.1. The Bertz CT molecular complexity index is 830. The normalized spacial score (nSPS) is 14.3. The van der Waals surface area contributed by atoms with Crippen molar-refractivity contribution in [3.05, 3.63) is 34.7 Å². The zero-order valence-electron chi connectivity index (χ0n) is 15.4. The van der Waals surface area contributed by atoms with Crippen LogP contribution in [0.15, 0.2) is 22.7 Å². The largest absolute Gasteiger partial charge is 0.495 e. The molecule has 144 valence electrons. The van der Waals surface area contributed by atoms with Crippen LogP contribution in [0.1, 0.15) is 36.9 Å². The average molecular weight is 392 g/mol. The average Bonchev–Trinajstić information content (AvgIpc) is 2.98. The van der Waals surface area contributed by atoms with Crippen LogP contribution in [-0.4, -0.2) is 30.6 Å². The number of halogens is 1. The highest BCUT2D eigenvalue weighted by Gasteiger charge is 2.23. The number of methoxy groups -OCH3 is 1. The second-order valence-corrected chi connectivity index (χ2v) is 6.80. The molecule has 3 rings (SSSR count). The number of rotatable bonds is 6. The Morgan fingerprint density at radius 3 is 2.89 bits per heavy atom. The molecule has 0 saturated carbocycles. The standard InChI is InChI=1S/C19H22ClN3O4/c1-12-14(19(20)27-22-12)7-9-17(24)21-13-6-8-16(26-2)15(11-13)23-10-4-3-5-18(23)25/h6,8,11H,3-5,7,9-10H2,1-2H3,(H,21,24). The number of hydrogen-bond donors (Lipinski definition) is 1. The summed E-state index contributed by atoms with van der Waals surface area (Å²) >= 11 is 5.93. The highest BCUT2D eigenvalue weighted by atomic mass is 35.5. The molecule has 27 heavy (non-hydrogen) atoms. The number of hydrogen-bond acceptors (Lipinski definition) is 5. The minimum Gasteiger partial charge on any atom is -0.495 e. The van der Waals surface area contributed by atoms with Crippen LogP contribution >= 0.6 is 11.6 Å². The van der Waals surface area contributed by atoms with Gasteiger partial charge in [-0.25, -0.2) is 0 Å². The summed E-state index contributed by atoms with van der Waals surface area (Å²) in [6, 6.07) is 5.29. The molecule has 2 aromatic rings. The molecule has 2 amide bonds. The minimum absolute atomic E-state index is 0.0700. The summed E-state index contributed by atoms with van der Waals surface area (Å²) in [5.74, 6) is 0.517. The SMILES string of the molecule is COc1ccc(NC(=O)CCc2c(C)noc2Cl)cc1N1CCCCC1=O. The molecule has 1 N–H and O–H groups in total. The van der Waals surface area contributed by atoms with E-state index in [1.165, 1.54) is 0 Å². The summed E-state index contributed by atoms with van der Waals surface area (Å²) in [6.45, 7) is 2.44. The van der Waals surface area contributed by atoms with E-state index in [1.54, 1.807) is 37.1 Å². The summed E-state index contributed by atoms with van der Waals surface area (Å²) in [7, 11) is 1.57. The third-order valence-electron chi connectivity index (χ3n) is 4.62. The second kappa shape index (κ2) is 8.43. The Kier molecular flexibility index (Phi) is 6.01. The van der Waals surface area contributed by atoms with Gasteiger partial charge in [0.05, 0.1) is 18.5 Å². The van der Waals surface area contributed by atoms with Crippen molar-refractivity contribution in [1.82, 2.24) is 5.16 Å². The van der Waals surface area contributed by atoms with Gasteiger partial charge in [-0.15, -0.1) is 0 Å². The first kappa shape index (κ1) is 19.2. The van der Waals surface area contributed by atoms with E-state index in [-0.39, 0.29) is 23.5 Å². The molecule has 7 nitrogen and oxygen atoms in total. The van der Waals surface area contributed by atoms with Gasteiger partial charge in [0, 0.05) is 30.6 Å². The van der Waals surface area contributed by atoms with Crippen LogP contribution in [0.25, 0.3) is 0 Å². The van der Waals surface area contributed by atoms with Crippen LogP contribution in [0.5, 0.6) is 5.75 Å². The molecular formula is C19H22ClN3O4. The number of nitrogens with one attached hydrogen (secondary N) is 1. The van der Waals surface area contributed by atoms with E-state index in [9.17, 15) is 9.59 Å². The molecule has 1 fully saturated rings. The molecule has 1 saturated heterocycles. The minimum atomic E-state index is -0.159. The van der Waals surface area contributed by atoms with Crippen LogP contribution in [-0.2, 0) is 16.0 Å². The molecule has 0 atom stereocenters. The quantitative estimate of drug-likeness (QED) is 0.810. The number of carbonyl (C=O) groups is 2.